The van der Waals surface area contributed by atoms with Crippen LogP contribution in [0.15, 0.2) is 66.9 Å². The number of carbonyl (C=O) groups excluding carboxylic acids is 1. The largest absolute Gasteiger partial charge is 0.497 e. The number of hydrogen-bond donors (Lipinski definition) is 1. The van der Waals surface area contributed by atoms with Gasteiger partial charge in [-0.3, -0.25) is 9.78 Å². The second-order valence-corrected chi connectivity index (χ2v) is 9.17. The first kappa shape index (κ1) is 24.7. The molecule has 0 amide bonds. The molecule has 5 rings (SSSR count). The van der Waals surface area contributed by atoms with Crippen LogP contribution in [-0.2, 0) is 22.4 Å². The van der Waals surface area contributed by atoms with Crippen LogP contribution in [-0.4, -0.2) is 42.4 Å². The lowest BCUT2D eigenvalue weighted by Gasteiger charge is -2.20. The van der Waals surface area contributed by atoms with Crippen molar-refractivity contribution in [3.05, 3.63) is 83.8 Å². The van der Waals surface area contributed by atoms with E-state index in [1.807, 2.05) is 49.5 Å². The van der Waals surface area contributed by atoms with Crippen LogP contribution in [0.25, 0.3) is 10.9 Å². The number of ether oxygens (including phenoxy) is 3. The second kappa shape index (κ2) is 11.4. The fourth-order valence-corrected chi connectivity index (χ4v) is 4.87. The predicted octanol–water partition coefficient (Wildman–Crippen LogP) is 5.57. The summed E-state index contributed by atoms with van der Waals surface area (Å²) < 4.78 is 18.8. The quantitative estimate of drug-likeness (QED) is 0.288. The van der Waals surface area contributed by atoms with Gasteiger partial charge in [-0.1, -0.05) is 12.1 Å². The highest BCUT2D eigenvalue weighted by atomic mass is 16.5. The van der Waals surface area contributed by atoms with Crippen LogP contribution in [0.4, 0.5) is 5.69 Å². The number of hydrogen-bond acceptors (Lipinski definition) is 6. The lowest BCUT2D eigenvalue weighted by Crippen LogP contribution is -2.16. The minimum atomic E-state index is -0.225. The summed E-state index contributed by atoms with van der Waals surface area (Å²) >= 11 is 0. The molecule has 0 saturated carbocycles. The van der Waals surface area contributed by atoms with E-state index in [0.717, 1.165) is 70.8 Å². The first-order valence-corrected chi connectivity index (χ1v) is 12.9. The Labute approximate surface area is 217 Å². The van der Waals surface area contributed by atoms with Crippen molar-refractivity contribution in [3.63, 3.8) is 0 Å². The molecule has 1 atom stereocenters. The van der Waals surface area contributed by atoms with Gasteiger partial charge in [0.15, 0.2) is 0 Å². The number of benzene rings is 2. The summed E-state index contributed by atoms with van der Waals surface area (Å²) in [6.07, 6.45) is 5.17. The number of aromatic nitrogens is 2. The first-order chi connectivity index (χ1) is 18.1. The van der Waals surface area contributed by atoms with Crippen LogP contribution < -0.4 is 14.8 Å². The second-order valence-electron chi connectivity index (χ2n) is 9.17. The molecule has 1 N–H and O–H groups in total. The van der Waals surface area contributed by atoms with Gasteiger partial charge in [-0.15, -0.1) is 0 Å². The zero-order chi connectivity index (χ0) is 25.6. The molecule has 4 aromatic rings. The van der Waals surface area contributed by atoms with E-state index in [-0.39, 0.29) is 18.4 Å². The van der Waals surface area contributed by atoms with Gasteiger partial charge in [0.2, 0.25) is 0 Å². The van der Waals surface area contributed by atoms with Crippen molar-refractivity contribution in [1.82, 2.24) is 9.55 Å². The number of fused-ring (bicyclic) bond motifs is 2. The maximum absolute atomic E-state index is 12.5. The Kier molecular flexibility index (Phi) is 7.59. The van der Waals surface area contributed by atoms with Gasteiger partial charge in [0.1, 0.15) is 11.5 Å². The highest BCUT2D eigenvalue weighted by molar-refractivity contribution is 5.82. The number of rotatable bonds is 10. The number of methoxy groups -OCH3 is 1. The number of nitrogens with one attached hydrogen (secondary N) is 1. The van der Waals surface area contributed by atoms with Crippen molar-refractivity contribution < 1.29 is 19.0 Å². The minimum absolute atomic E-state index is 0.196. The Bertz CT molecular complexity index is 1360. The van der Waals surface area contributed by atoms with Gasteiger partial charge in [-0.05, 0) is 73.9 Å². The van der Waals surface area contributed by atoms with Crippen LogP contribution in [0.2, 0.25) is 0 Å². The predicted molar refractivity (Wildman–Crippen MR) is 145 cm³/mol. The molecule has 1 aliphatic rings. The van der Waals surface area contributed by atoms with Gasteiger partial charge in [-0.25, -0.2) is 0 Å². The highest BCUT2D eigenvalue weighted by Crippen LogP contribution is 2.31. The maximum atomic E-state index is 12.5. The molecule has 0 spiro atoms. The van der Waals surface area contributed by atoms with Gasteiger partial charge >= 0.3 is 5.97 Å². The number of nitrogens with zero attached hydrogens (tertiary/aromatic N) is 2. The van der Waals surface area contributed by atoms with E-state index in [1.54, 1.807) is 7.11 Å². The molecule has 7 nitrogen and oxygen atoms in total. The lowest BCUT2D eigenvalue weighted by atomic mass is 10.0. The molecule has 0 bridgehead atoms. The van der Waals surface area contributed by atoms with Crippen LogP contribution in [0.5, 0.6) is 11.5 Å². The Morgan fingerprint density at radius 1 is 1.08 bits per heavy atom. The van der Waals surface area contributed by atoms with E-state index in [0.29, 0.717) is 13.2 Å². The fourth-order valence-electron chi connectivity index (χ4n) is 4.87. The number of aryl methyl sites for hydroxylation is 1. The summed E-state index contributed by atoms with van der Waals surface area (Å²) in [4.78, 5) is 17.3. The van der Waals surface area contributed by atoms with E-state index >= 15 is 0 Å². The average Bonchev–Trinajstić information content (AvgIpc) is 3.35. The van der Waals surface area contributed by atoms with Crippen LogP contribution in [0.1, 0.15) is 42.8 Å². The van der Waals surface area contributed by atoms with E-state index < -0.39 is 0 Å². The number of esters is 1. The molecular weight excluding hydrogens is 466 g/mol. The molecule has 37 heavy (non-hydrogen) atoms. The van der Waals surface area contributed by atoms with Crippen LogP contribution in [0.3, 0.4) is 0 Å². The van der Waals surface area contributed by atoms with Gasteiger partial charge in [0, 0.05) is 35.8 Å². The van der Waals surface area contributed by atoms with E-state index in [9.17, 15) is 4.79 Å². The van der Waals surface area contributed by atoms with Crippen molar-refractivity contribution in [2.24, 2.45) is 0 Å². The monoisotopic (exact) mass is 499 g/mol. The van der Waals surface area contributed by atoms with Crippen LogP contribution in [0, 0.1) is 0 Å². The van der Waals surface area contributed by atoms with Crippen molar-refractivity contribution in [2.75, 3.05) is 32.2 Å². The van der Waals surface area contributed by atoms with Gasteiger partial charge < -0.3 is 24.1 Å². The molecule has 1 unspecified atom stereocenters. The molecule has 3 heterocycles. The first-order valence-electron chi connectivity index (χ1n) is 12.9. The average molecular weight is 500 g/mol. The molecule has 1 aliphatic heterocycles. The summed E-state index contributed by atoms with van der Waals surface area (Å²) in [6.45, 7) is 3.76. The van der Waals surface area contributed by atoms with E-state index in [2.05, 4.69) is 34.1 Å². The third-order valence-corrected chi connectivity index (χ3v) is 6.76. The SMILES string of the molecule is CCOC(=O)CC(c1ccc(OC)cc1)n1ccc2cc(OCCc3ccc4c(n3)CCCN4)ccc21. The van der Waals surface area contributed by atoms with Crippen molar-refractivity contribution in [1.29, 1.82) is 0 Å². The summed E-state index contributed by atoms with van der Waals surface area (Å²) in [6, 6.07) is 20.0. The molecule has 0 fully saturated rings. The molecule has 2 aromatic heterocycles. The van der Waals surface area contributed by atoms with Crippen molar-refractivity contribution in [3.8, 4) is 11.5 Å². The van der Waals surface area contributed by atoms with E-state index in [4.69, 9.17) is 19.2 Å². The lowest BCUT2D eigenvalue weighted by molar-refractivity contribution is -0.143. The van der Waals surface area contributed by atoms with Crippen molar-refractivity contribution >= 4 is 22.6 Å². The Morgan fingerprint density at radius 3 is 2.73 bits per heavy atom. The third-order valence-electron chi connectivity index (χ3n) is 6.76. The topological polar surface area (TPSA) is 74.6 Å². The van der Waals surface area contributed by atoms with Gasteiger partial charge in [-0.2, -0.15) is 0 Å². The summed E-state index contributed by atoms with van der Waals surface area (Å²) in [5, 5.41) is 4.46. The smallest absolute Gasteiger partial charge is 0.308 e. The van der Waals surface area contributed by atoms with Gasteiger partial charge in [0.05, 0.1) is 44.2 Å². The van der Waals surface area contributed by atoms with Crippen LogP contribution >= 0.6 is 0 Å². The molecule has 192 valence electrons. The summed E-state index contributed by atoms with van der Waals surface area (Å²) in [5.41, 5.74) is 5.40. The Hall–Kier alpha value is -4.00. The number of carbonyl (C=O) groups is 1. The third kappa shape index (κ3) is 5.71. The Morgan fingerprint density at radius 2 is 1.92 bits per heavy atom. The molecule has 0 aliphatic carbocycles. The fraction of sp³-hybridized carbons (Fsp3) is 0.333. The molecule has 0 saturated heterocycles. The zero-order valence-electron chi connectivity index (χ0n) is 21.4. The maximum Gasteiger partial charge on any atom is 0.308 e. The summed E-state index contributed by atoms with van der Waals surface area (Å²) in [7, 11) is 1.64. The highest BCUT2D eigenvalue weighted by Gasteiger charge is 2.21. The molecule has 2 aromatic carbocycles. The van der Waals surface area contributed by atoms with E-state index in [1.165, 1.54) is 0 Å². The molecular formula is C30H33N3O4. The molecule has 0 radical (unpaired) electrons. The number of anilines is 1. The summed E-state index contributed by atoms with van der Waals surface area (Å²) in [5.74, 6) is 1.37. The Balaban J connectivity index is 1.31. The standard InChI is InChI=1S/C30H33N3O4/c1-3-36-30(34)20-29(21-6-9-24(35-2)10-7-21)33-17-14-22-19-25(11-13-28(22)33)37-18-15-23-8-12-26-27(32-23)5-4-16-31-26/h6-14,17,19,29,31H,3-5,15-16,18,20H2,1-2H3. The minimum Gasteiger partial charge on any atom is -0.497 e. The van der Waals surface area contributed by atoms with Crippen molar-refractivity contribution in [2.45, 2.75) is 38.6 Å². The number of pyridine rings is 1. The zero-order valence-corrected chi connectivity index (χ0v) is 21.4. The van der Waals surface area contributed by atoms with Gasteiger partial charge in [0.25, 0.3) is 0 Å². The molecule has 7 heteroatoms. The normalized spacial score (nSPS) is 13.5.